The maximum atomic E-state index is 14.5. The van der Waals surface area contributed by atoms with Crippen molar-refractivity contribution in [1.29, 1.82) is 0 Å². The van der Waals surface area contributed by atoms with Crippen molar-refractivity contribution < 1.29 is 27.8 Å². The highest BCUT2D eigenvalue weighted by molar-refractivity contribution is 6.34. The Balaban J connectivity index is 1.60. The number of hydrogen-bond acceptors (Lipinski definition) is 5. The van der Waals surface area contributed by atoms with E-state index in [2.05, 4.69) is 4.98 Å². The number of halogens is 2. The molecule has 33 heavy (non-hydrogen) atoms. The van der Waals surface area contributed by atoms with Crippen molar-refractivity contribution in [3.63, 3.8) is 0 Å². The van der Waals surface area contributed by atoms with Crippen molar-refractivity contribution in [3.05, 3.63) is 95.1 Å². The lowest BCUT2D eigenvalue weighted by Crippen LogP contribution is -2.30. The first-order chi connectivity index (χ1) is 16.0. The predicted octanol–water partition coefficient (Wildman–Crippen LogP) is 4.90. The molecule has 0 fully saturated rings. The topological polar surface area (TPSA) is 68.7 Å². The Morgan fingerprint density at radius 2 is 1.58 bits per heavy atom. The Hall–Kier alpha value is -4.33. The van der Waals surface area contributed by atoms with Crippen molar-refractivity contribution in [2.75, 3.05) is 12.0 Å². The minimum absolute atomic E-state index is 0.0397. The monoisotopic (exact) mass is 446 g/mol. The standard InChI is InChI=1S/C25H16F2N2O4/c1-32-17-8-6-14(7-9-17)13-33-21-11-15-10-16(26)12-20(27)22(15)28-23(21)29-24(30)18-4-2-3-5-19(18)25(29)31/h2-12H,13H2,1H3. The first-order valence-corrected chi connectivity index (χ1v) is 9.99. The highest BCUT2D eigenvalue weighted by atomic mass is 19.1. The van der Waals surface area contributed by atoms with Crippen LogP contribution in [-0.2, 0) is 6.61 Å². The number of imide groups is 1. The van der Waals surface area contributed by atoms with Crippen LogP contribution >= 0.6 is 0 Å². The summed E-state index contributed by atoms with van der Waals surface area (Å²) in [7, 11) is 1.55. The molecular weight excluding hydrogens is 430 g/mol. The average Bonchev–Trinajstić information content (AvgIpc) is 3.07. The molecule has 5 rings (SSSR count). The van der Waals surface area contributed by atoms with E-state index in [-0.39, 0.29) is 40.2 Å². The molecule has 0 bridgehead atoms. The second-order valence-corrected chi connectivity index (χ2v) is 7.40. The number of ether oxygens (including phenoxy) is 2. The van der Waals surface area contributed by atoms with Crippen LogP contribution in [0.4, 0.5) is 14.6 Å². The quantitative estimate of drug-likeness (QED) is 0.408. The Bertz CT molecular complexity index is 1390. The molecule has 1 aliphatic heterocycles. The minimum Gasteiger partial charge on any atom is -0.497 e. The van der Waals surface area contributed by atoms with E-state index in [1.807, 2.05) is 0 Å². The van der Waals surface area contributed by atoms with Gasteiger partial charge in [0, 0.05) is 11.5 Å². The van der Waals surface area contributed by atoms with Gasteiger partial charge in [0.2, 0.25) is 0 Å². The zero-order valence-corrected chi connectivity index (χ0v) is 17.3. The average molecular weight is 446 g/mol. The van der Waals surface area contributed by atoms with Crippen LogP contribution < -0.4 is 14.4 Å². The number of aromatic nitrogens is 1. The lowest BCUT2D eigenvalue weighted by Gasteiger charge is -2.18. The number of carbonyl (C=O) groups is 2. The fraction of sp³-hybridized carbons (Fsp3) is 0.0800. The highest BCUT2D eigenvalue weighted by Crippen LogP contribution is 2.37. The number of benzene rings is 3. The van der Waals surface area contributed by atoms with Crippen molar-refractivity contribution in [3.8, 4) is 11.5 Å². The first kappa shape index (κ1) is 20.6. The normalized spacial score (nSPS) is 12.9. The second kappa shape index (κ2) is 7.98. The van der Waals surface area contributed by atoms with E-state index in [4.69, 9.17) is 9.47 Å². The predicted molar refractivity (Wildman–Crippen MR) is 117 cm³/mol. The number of hydrogen-bond donors (Lipinski definition) is 0. The molecule has 8 heteroatoms. The smallest absolute Gasteiger partial charge is 0.267 e. The fourth-order valence-corrected chi connectivity index (χ4v) is 3.71. The second-order valence-electron chi connectivity index (χ2n) is 7.40. The molecular formula is C25H16F2N2O4. The molecule has 4 aromatic rings. The summed E-state index contributed by atoms with van der Waals surface area (Å²) in [5, 5.41) is 0.137. The number of pyridine rings is 1. The Morgan fingerprint density at radius 1 is 0.909 bits per heavy atom. The van der Waals surface area contributed by atoms with E-state index in [1.54, 1.807) is 43.5 Å². The molecule has 0 saturated carbocycles. The molecule has 164 valence electrons. The van der Waals surface area contributed by atoms with E-state index in [1.165, 1.54) is 18.2 Å². The van der Waals surface area contributed by atoms with E-state index < -0.39 is 23.4 Å². The van der Waals surface area contributed by atoms with Gasteiger partial charge in [0.05, 0.1) is 18.2 Å². The van der Waals surface area contributed by atoms with E-state index in [9.17, 15) is 18.4 Å². The molecule has 0 aliphatic carbocycles. The maximum absolute atomic E-state index is 14.5. The zero-order chi connectivity index (χ0) is 23.1. The largest absolute Gasteiger partial charge is 0.497 e. The number of rotatable bonds is 5. The molecule has 3 aromatic carbocycles. The molecule has 0 unspecified atom stereocenters. The molecule has 0 saturated heterocycles. The molecule has 1 aliphatic rings. The van der Waals surface area contributed by atoms with Crippen LogP contribution in [0.25, 0.3) is 10.9 Å². The van der Waals surface area contributed by atoms with Crippen LogP contribution in [0.5, 0.6) is 11.5 Å². The summed E-state index contributed by atoms with van der Waals surface area (Å²) >= 11 is 0. The van der Waals surface area contributed by atoms with Gasteiger partial charge in [-0.3, -0.25) is 9.59 Å². The lowest BCUT2D eigenvalue weighted by atomic mass is 10.1. The fourth-order valence-electron chi connectivity index (χ4n) is 3.71. The van der Waals surface area contributed by atoms with Gasteiger partial charge in [0.1, 0.15) is 23.7 Å². The number of anilines is 1. The maximum Gasteiger partial charge on any atom is 0.267 e. The van der Waals surface area contributed by atoms with Crippen LogP contribution in [0.2, 0.25) is 0 Å². The number of nitrogens with zero attached hydrogens (tertiary/aromatic N) is 2. The van der Waals surface area contributed by atoms with Gasteiger partial charge >= 0.3 is 0 Å². The summed E-state index contributed by atoms with van der Waals surface area (Å²) in [6.45, 7) is 0.0607. The Labute approximate surface area is 187 Å². The summed E-state index contributed by atoms with van der Waals surface area (Å²) in [6.07, 6.45) is 0. The number of amides is 2. The van der Waals surface area contributed by atoms with E-state index in [0.29, 0.717) is 11.8 Å². The van der Waals surface area contributed by atoms with E-state index >= 15 is 0 Å². The number of methoxy groups -OCH3 is 1. The molecule has 2 heterocycles. The summed E-state index contributed by atoms with van der Waals surface area (Å²) < 4.78 is 39.3. The van der Waals surface area contributed by atoms with Crippen LogP contribution in [0.1, 0.15) is 26.3 Å². The summed E-state index contributed by atoms with van der Waals surface area (Å²) in [5.41, 5.74) is 1.02. The van der Waals surface area contributed by atoms with Crippen LogP contribution in [0.3, 0.4) is 0 Å². The van der Waals surface area contributed by atoms with Crippen LogP contribution in [0.15, 0.2) is 66.7 Å². The first-order valence-electron chi connectivity index (χ1n) is 9.99. The highest BCUT2D eigenvalue weighted by Gasteiger charge is 2.39. The van der Waals surface area contributed by atoms with Crippen LogP contribution in [0, 0.1) is 11.6 Å². The molecule has 2 amide bonds. The molecule has 0 spiro atoms. The third-order valence-corrected chi connectivity index (χ3v) is 5.34. The SMILES string of the molecule is COc1ccc(COc2cc3cc(F)cc(F)c3nc2N2C(=O)c3ccccc3C2=O)cc1. The molecule has 1 aromatic heterocycles. The summed E-state index contributed by atoms with van der Waals surface area (Å²) in [6, 6.07) is 16.6. The summed E-state index contributed by atoms with van der Waals surface area (Å²) in [4.78, 5) is 31.1. The summed E-state index contributed by atoms with van der Waals surface area (Å²) in [5.74, 6) is -2.34. The van der Waals surface area contributed by atoms with Gasteiger partial charge in [-0.15, -0.1) is 0 Å². The molecule has 6 nitrogen and oxygen atoms in total. The third kappa shape index (κ3) is 3.55. The number of carbonyl (C=O) groups excluding carboxylic acids is 2. The molecule has 0 radical (unpaired) electrons. The van der Waals surface area contributed by atoms with Gasteiger partial charge in [-0.05, 0) is 42.0 Å². The van der Waals surface area contributed by atoms with Gasteiger partial charge in [-0.1, -0.05) is 24.3 Å². The zero-order valence-electron chi connectivity index (χ0n) is 17.3. The van der Waals surface area contributed by atoms with Gasteiger partial charge in [0.25, 0.3) is 11.8 Å². The molecule has 0 N–H and O–H groups in total. The number of fused-ring (bicyclic) bond motifs is 2. The Morgan fingerprint density at radius 3 is 2.21 bits per heavy atom. The van der Waals surface area contributed by atoms with E-state index in [0.717, 1.165) is 16.5 Å². The lowest BCUT2D eigenvalue weighted by molar-refractivity contribution is 0.0923. The third-order valence-electron chi connectivity index (χ3n) is 5.34. The van der Waals surface area contributed by atoms with Gasteiger partial charge in [-0.25, -0.2) is 18.7 Å². The van der Waals surface area contributed by atoms with Crippen molar-refractivity contribution in [1.82, 2.24) is 4.98 Å². The van der Waals surface area contributed by atoms with Gasteiger partial charge in [0.15, 0.2) is 17.4 Å². The van der Waals surface area contributed by atoms with Gasteiger partial charge in [-0.2, -0.15) is 0 Å². The minimum atomic E-state index is -0.912. The van der Waals surface area contributed by atoms with Crippen LogP contribution in [-0.4, -0.2) is 23.9 Å². The van der Waals surface area contributed by atoms with Gasteiger partial charge < -0.3 is 9.47 Å². The van der Waals surface area contributed by atoms with Crippen molar-refractivity contribution >= 4 is 28.5 Å². The molecule has 0 atom stereocenters. The van der Waals surface area contributed by atoms with Crippen molar-refractivity contribution in [2.24, 2.45) is 0 Å². The Kier molecular flexibility index (Phi) is 4.97. The van der Waals surface area contributed by atoms with Crippen molar-refractivity contribution in [2.45, 2.75) is 6.61 Å².